The van der Waals surface area contributed by atoms with Crippen LogP contribution in [0.3, 0.4) is 0 Å². The van der Waals surface area contributed by atoms with E-state index in [-0.39, 0.29) is 17.5 Å². The molecule has 0 fully saturated rings. The van der Waals surface area contributed by atoms with E-state index in [0.717, 1.165) is 19.5 Å². The fourth-order valence-electron chi connectivity index (χ4n) is 2.19. The Kier molecular flexibility index (Phi) is 7.04. The predicted molar refractivity (Wildman–Crippen MR) is 102 cm³/mol. The Morgan fingerprint density at radius 1 is 0.962 bits per heavy atom. The first-order valence-corrected chi connectivity index (χ1v) is 8.35. The fraction of sp³-hybridized carbons (Fsp3) is 0.333. The number of amides is 2. The highest BCUT2D eigenvalue weighted by Gasteiger charge is 2.09. The molecule has 1 aromatic heterocycles. The zero-order valence-corrected chi connectivity index (χ0v) is 15.2. The van der Waals surface area contributed by atoms with Crippen LogP contribution in [0.1, 0.15) is 23.8 Å². The van der Waals surface area contributed by atoms with Crippen LogP contribution in [0.4, 0.5) is 17.2 Å². The van der Waals surface area contributed by atoms with Gasteiger partial charge in [0.1, 0.15) is 5.82 Å². The molecular weight excluding hydrogens is 332 g/mol. The minimum absolute atomic E-state index is 0.146. The van der Waals surface area contributed by atoms with Crippen molar-refractivity contribution in [3.05, 3.63) is 42.1 Å². The molecule has 0 aliphatic carbocycles. The van der Waals surface area contributed by atoms with Crippen LogP contribution >= 0.6 is 0 Å². The number of benzene rings is 1. The lowest BCUT2D eigenvalue weighted by molar-refractivity contribution is -0.114. The minimum atomic E-state index is -0.344. The molecule has 0 unspecified atom stereocenters. The van der Waals surface area contributed by atoms with Crippen LogP contribution < -0.4 is 16.0 Å². The van der Waals surface area contributed by atoms with Crippen molar-refractivity contribution in [3.63, 3.8) is 0 Å². The number of hydrogen-bond acceptors (Lipinski definition) is 6. The molecule has 1 aromatic carbocycles. The topological polar surface area (TPSA) is 99.2 Å². The van der Waals surface area contributed by atoms with Gasteiger partial charge in [0.05, 0.1) is 0 Å². The molecule has 8 nitrogen and oxygen atoms in total. The number of carbonyl (C=O) groups excluding carboxylic acids is 2. The number of rotatable bonds is 8. The molecule has 3 N–H and O–H groups in total. The molecule has 2 amide bonds. The molecule has 0 saturated heterocycles. The molecule has 26 heavy (non-hydrogen) atoms. The van der Waals surface area contributed by atoms with Gasteiger partial charge in [-0.2, -0.15) is 0 Å². The van der Waals surface area contributed by atoms with Gasteiger partial charge in [0, 0.05) is 24.8 Å². The third-order valence-corrected chi connectivity index (χ3v) is 3.45. The number of nitrogens with one attached hydrogen (secondary N) is 3. The summed E-state index contributed by atoms with van der Waals surface area (Å²) in [6, 6.07) is 10.2. The van der Waals surface area contributed by atoms with Gasteiger partial charge in [0.25, 0.3) is 5.91 Å². The Morgan fingerprint density at radius 2 is 1.62 bits per heavy atom. The van der Waals surface area contributed by atoms with E-state index in [1.807, 2.05) is 14.1 Å². The monoisotopic (exact) mass is 356 g/mol. The van der Waals surface area contributed by atoms with Gasteiger partial charge >= 0.3 is 0 Å². The maximum Gasteiger partial charge on any atom is 0.276 e. The molecule has 0 saturated carbocycles. The summed E-state index contributed by atoms with van der Waals surface area (Å²) in [4.78, 5) is 25.3. The van der Waals surface area contributed by atoms with E-state index in [1.54, 1.807) is 36.4 Å². The second-order valence-electron chi connectivity index (χ2n) is 6.10. The van der Waals surface area contributed by atoms with Crippen molar-refractivity contribution < 1.29 is 9.59 Å². The van der Waals surface area contributed by atoms with Crippen molar-refractivity contribution in [2.24, 2.45) is 0 Å². The van der Waals surface area contributed by atoms with E-state index in [4.69, 9.17) is 0 Å². The molecule has 0 bridgehead atoms. The second-order valence-corrected chi connectivity index (χ2v) is 6.10. The lowest BCUT2D eigenvalue weighted by Crippen LogP contribution is -2.17. The molecule has 138 valence electrons. The van der Waals surface area contributed by atoms with Gasteiger partial charge in [-0.15, -0.1) is 10.2 Å². The largest absolute Gasteiger partial charge is 0.369 e. The SMILES string of the molecule is CC(=O)Nc1ccc(NC(=O)c2ccc(NCCCN(C)C)nn2)cc1. The third kappa shape index (κ3) is 6.48. The standard InChI is InChI=1S/C18H24N6O2/c1-13(25)20-14-5-7-15(8-6-14)21-18(26)16-9-10-17(23-22-16)19-11-4-12-24(2)3/h5-10H,4,11-12H2,1-3H3,(H,19,23)(H,20,25)(H,21,26). The fourth-order valence-corrected chi connectivity index (χ4v) is 2.19. The molecule has 1 heterocycles. The van der Waals surface area contributed by atoms with Crippen LogP contribution in [0.15, 0.2) is 36.4 Å². The smallest absolute Gasteiger partial charge is 0.276 e. The highest BCUT2D eigenvalue weighted by Crippen LogP contribution is 2.14. The van der Waals surface area contributed by atoms with Crippen molar-refractivity contribution >= 4 is 29.0 Å². The number of hydrogen-bond donors (Lipinski definition) is 3. The van der Waals surface area contributed by atoms with Gasteiger partial charge in [-0.3, -0.25) is 9.59 Å². The van der Waals surface area contributed by atoms with Gasteiger partial charge < -0.3 is 20.9 Å². The Bertz CT molecular complexity index is 728. The van der Waals surface area contributed by atoms with Crippen molar-refractivity contribution in [1.82, 2.24) is 15.1 Å². The maximum atomic E-state index is 12.2. The van der Waals surface area contributed by atoms with Gasteiger partial charge in [-0.1, -0.05) is 0 Å². The molecular formula is C18H24N6O2. The molecule has 0 atom stereocenters. The zero-order valence-electron chi connectivity index (χ0n) is 15.2. The van der Waals surface area contributed by atoms with Crippen LogP contribution in [0, 0.1) is 0 Å². The van der Waals surface area contributed by atoms with Crippen molar-refractivity contribution in [1.29, 1.82) is 0 Å². The predicted octanol–water partition coefficient (Wildman–Crippen LogP) is 2.05. The molecule has 0 aliphatic heterocycles. The Balaban J connectivity index is 1.86. The summed E-state index contributed by atoms with van der Waals surface area (Å²) in [7, 11) is 4.06. The van der Waals surface area contributed by atoms with E-state index in [2.05, 4.69) is 31.0 Å². The summed E-state index contributed by atoms with van der Waals surface area (Å²) in [6.45, 7) is 3.22. The van der Waals surface area contributed by atoms with E-state index in [0.29, 0.717) is 17.2 Å². The van der Waals surface area contributed by atoms with Crippen molar-refractivity contribution in [2.45, 2.75) is 13.3 Å². The van der Waals surface area contributed by atoms with Crippen LogP contribution in [0.25, 0.3) is 0 Å². The first-order chi connectivity index (χ1) is 12.4. The quantitative estimate of drug-likeness (QED) is 0.626. The molecule has 2 rings (SSSR count). The molecule has 0 aliphatic rings. The Hall–Kier alpha value is -3.00. The normalized spacial score (nSPS) is 10.5. The van der Waals surface area contributed by atoms with E-state index < -0.39 is 0 Å². The number of anilines is 3. The Labute approximate surface area is 153 Å². The molecule has 0 spiro atoms. The second kappa shape index (κ2) is 9.47. The third-order valence-electron chi connectivity index (χ3n) is 3.45. The summed E-state index contributed by atoms with van der Waals surface area (Å²) in [5.74, 6) is 0.149. The molecule has 0 radical (unpaired) electrons. The molecule has 2 aromatic rings. The highest BCUT2D eigenvalue weighted by atomic mass is 16.2. The van der Waals surface area contributed by atoms with Gasteiger partial charge in [0.2, 0.25) is 5.91 Å². The summed E-state index contributed by atoms with van der Waals surface area (Å²) in [5.41, 5.74) is 1.51. The zero-order chi connectivity index (χ0) is 18.9. The van der Waals surface area contributed by atoms with Crippen LogP contribution in [-0.4, -0.2) is 54.1 Å². The van der Waals surface area contributed by atoms with Gasteiger partial charge in [-0.05, 0) is 63.5 Å². The lowest BCUT2D eigenvalue weighted by Gasteiger charge is -2.10. The lowest BCUT2D eigenvalue weighted by atomic mass is 10.2. The maximum absolute atomic E-state index is 12.2. The van der Waals surface area contributed by atoms with Crippen LogP contribution in [0.2, 0.25) is 0 Å². The molecule has 8 heteroatoms. The van der Waals surface area contributed by atoms with Crippen LogP contribution in [-0.2, 0) is 4.79 Å². The van der Waals surface area contributed by atoms with E-state index in [9.17, 15) is 9.59 Å². The van der Waals surface area contributed by atoms with E-state index >= 15 is 0 Å². The summed E-state index contributed by atoms with van der Waals surface area (Å²) in [6.07, 6.45) is 0.991. The first kappa shape index (κ1) is 19.3. The van der Waals surface area contributed by atoms with E-state index in [1.165, 1.54) is 6.92 Å². The first-order valence-electron chi connectivity index (χ1n) is 8.35. The minimum Gasteiger partial charge on any atom is -0.369 e. The van der Waals surface area contributed by atoms with Crippen molar-refractivity contribution in [3.8, 4) is 0 Å². The summed E-state index contributed by atoms with van der Waals surface area (Å²) < 4.78 is 0. The van der Waals surface area contributed by atoms with Crippen molar-refractivity contribution in [2.75, 3.05) is 43.1 Å². The average molecular weight is 356 g/mol. The summed E-state index contributed by atoms with van der Waals surface area (Å²) in [5, 5.41) is 16.6. The number of aromatic nitrogens is 2. The van der Waals surface area contributed by atoms with Gasteiger partial charge in [0.15, 0.2) is 5.69 Å². The van der Waals surface area contributed by atoms with Gasteiger partial charge in [-0.25, -0.2) is 0 Å². The van der Waals surface area contributed by atoms with Crippen LogP contribution in [0.5, 0.6) is 0 Å². The summed E-state index contributed by atoms with van der Waals surface area (Å²) >= 11 is 0. The number of carbonyl (C=O) groups is 2. The Morgan fingerprint density at radius 3 is 2.15 bits per heavy atom. The average Bonchev–Trinajstić information content (AvgIpc) is 2.60. The number of nitrogens with zero attached hydrogens (tertiary/aromatic N) is 3. The highest BCUT2D eigenvalue weighted by molar-refractivity contribution is 6.03.